The van der Waals surface area contributed by atoms with E-state index in [1.807, 2.05) is 0 Å². The molecule has 1 heterocycles. The van der Waals surface area contributed by atoms with E-state index < -0.39 is 12.8 Å². The maximum Gasteiger partial charge on any atom is 0.422 e. The summed E-state index contributed by atoms with van der Waals surface area (Å²) >= 11 is 0. The summed E-state index contributed by atoms with van der Waals surface area (Å²) < 4.78 is 47.0. The Morgan fingerprint density at radius 3 is 2.52 bits per heavy atom. The molecule has 0 unspecified atom stereocenters. The highest BCUT2D eigenvalue weighted by atomic mass is 127. The molecule has 2 rings (SSSR count). The quantitative estimate of drug-likeness (QED) is 0.361. The molecule has 150 valence electrons. The zero-order valence-corrected chi connectivity index (χ0v) is 17.4. The molecule has 2 N–H and O–H groups in total. The molecular weight excluding hydrogens is 478 g/mol. The lowest BCUT2D eigenvalue weighted by molar-refractivity contribution is -0.153. The molecule has 1 aromatic carbocycles. The van der Waals surface area contributed by atoms with E-state index >= 15 is 0 Å². The van der Waals surface area contributed by atoms with Crippen LogP contribution in [0.25, 0.3) is 0 Å². The second-order valence-corrected chi connectivity index (χ2v) is 5.52. The monoisotopic (exact) mass is 499 g/mol. The number of hydrogen-bond acceptors (Lipinski definition) is 5. The molecule has 0 aliphatic heterocycles. The fourth-order valence-electron chi connectivity index (χ4n) is 2.08. The summed E-state index contributed by atoms with van der Waals surface area (Å²) in [5, 5.41) is 9.75. The van der Waals surface area contributed by atoms with Gasteiger partial charge in [0.05, 0.1) is 6.54 Å². The first-order valence-corrected chi connectivity index (χ1v) is 7.79. The minimum absolute atomic E-state index is 0. The SMILES string of the molecule is CN=C(NCc1noc(C)n1)NCc1ccc(C)cc1OCC(F)(F)F.I. The number of nitrogens with one attached hydrogen (secondary N) is 2. The molecule has 2 aromatic rings. The molecule has 0 aliphatic carbocycles. The molecule has 0 saturated carbocycles. The third-order valence-corrected chi connectivity index (χ3v) is 3.27. The largest absolute Gasteiger partial charge is 0.484 e. The summed E-state index contributed by atoms with van der Waals surface area (Å²) in [6, 6.07) is 5.08. The van der Waals surface area contributed by atoms with Gasteiger partial charge in [-0.15, -0.1) is 24.0 Å². The van der Waals surface area contributed by atoms with Crippen LogP contribution in [0.4, 0.5) is 13.2 Å². The Balaban J connectivity index is 0.00000364. The van der Waals surface area contributed by atoms with E-state index in [0.717, 1.165) is 5.56 Å². The summed E-state index contributed by atoms with van der Waals surface area (Å²) in [7, 11) is 1.58. The van der Waals surface area contributed by atoms with Crippen molar-refractivity contribution in [1.82, 2.24) is 20.8 Å². The lowest BCUT2D eigenvalue weighted by atomic mass is 10.1. The van der Waals surface area contributed by atoms with Crippen molar-refractivity contribution in [1.29, 1.82) is 0 Å². The summed E-state index contributed by atoms with van der Waals surface area (Å²) in [6.45, 7) is 2.66. The third kappa shape index (κ3) is 8.01. The lowest BCUT2D eigenvalue weighted by Crippen LogP contribution is -2.36. The van der Waals surface area contributed by atoms with Crippen molar-refractivity contribution in [3.05, 3.63) is 41.0 Å². The number of guanidine groups is 1. The Morgan fingerprint density at radius 1 is 1.22 bits per heavy atom. The van der Waals surface area contributed by atoms with Crippen LogP contribution in [0.15, 0.2) is 27.7 Å². The summed E-state index contributed by atoms with van der Waals surface area (Å²) in [5.41, 5.74) is 1.39. The van der Waals surface area contributed by atoms with Crippen molar-refractivity contribution in [2.45, 2.75) is 33.1 Å². The first-order chi connectivity index (χ1) is 12.3. The van der Waals surface area contributed by atoms with E-state index in [1.54, 1.807) is 39.1 Å². The van der Waals surface area contributed by atoms with Gasteiger partial charge in [-0.05, 0) is 18.6 Å². The van der Waals surface area contributed by atoms with Crippen molar-refractivity contribution < 1.29 is 22.4 Å². The molecule has 0 spiro atoms. The Kier molecular flexibility index (Phi) is 8.79. The van der Waals surface area contributed by atoms with Gasteiger partial charge in [-0.1, -0.05) is 17.3 Å². The van der Waals surface area contributed by atoms with Crippen LogP contribution < -0.4 is 15.4 Å². The van der Waals surface area contributed by atoms with Gasteiger partial charge in [0.25, 0.3) is 0 Å². The lowest BCUT2D eigenvalue weighted by Gasteiger charge is -2.16. The first-order valence-electron chi connectivity index (χ1n) is 7.79. The Bertz CT molecular complexity index is 765. The van der Waals surface area contributed by atoms with Gasteiger partial charge < -0.3 is 19.9 Å². The number of alkyl halides is 3. The number of aliphatic imine (C=N–C) groups is 1. The highest BCUT2D eigenvalue weighted by Gasteiger charge is 2.28. The molecule has 0 aliphatic rings. The first kappa shape index (κ1) is 23.0. The van der Waals surface area contributed by atoms with E-state index in [-0.39, 0.29) is 36.3 Å². The number of aromatic nitrogens is 2. The van der Waals surface area contributed by atoms with Gasteiger partial charge in [0.15, 0.2) is 18.4 Å². The number of rotatable bonds is 6. The molecule has 27 heavy (non-hydrogen) atoms. The maximum atomic E-state index is 12.4. The number of halogens is 4. The molecule has 0 fully saturated rings. The van der Waals surface area contributed by atoms with Crippen LogP contribution in [0.2, 0.25) is 0 Å². The molecule has 7 nitrogen and oxygen atoms in total. The van der Waals surface area contributed by atoms with Gasteiger partial charge in [0, 0.05) is 26.1 Å². The third-order valence-electron chi connectivity index (χ3n) is 3.27. The van der Waals surface area contributed by atoms with Crippen LogP contribution in [-0.4, -0.2) is 35.9 Å². The standard InChI is InChI=1S/C16H20F3N5O2.HI/c1-10-4-5-12(13(6-10)25-9-16(17,18)19)7-21-15(20-3)22-8-14-23-11(2)26-24-14;/h4-6H,7-9H2,1-3H3,(H2,20,21,22);1H. The van der Waals surface area contributed by atoms with Gasteiger partial charge >= 0.3 is 6.18 Å². The second-order valence-electron chi connectivity index (χ2n) is 5.52. The number of nitrogens with zero attached hydrogens (tertiary/aromatic N) is 3. The fraction of sp³-hybridized carbons (Fsp3) is 0.438. The fourth-order valence-corrected chi connectivity index (χ4v) is 2.08. The molecule has 0 atom stereocenters. The summed E-state index contributed by atoms with van der Waals surface area (Å²) in [5.74, 6) is 1.54. The van der Waals surface area contributed by atoms with Crippen LogP contribution in [0.5, 0.6) is 5.75 Å². The Labute approximate surface area is 171 Å². The van der Waals surface area contributed by atoms with E-state index in [2.05, 4.69) is 25.8 Å². The van der Waals surface area contributed by atoms with Crippen LogP contribution in [0.3, 0.4) is 0 Å². The minimum atomic E-state index is -4.39. The van der Waals surface area contributed by atoms with Crippen LogP contribution >= 0.6 is 24.0 Å². The number of benzene rings is 1. The molecule has 11 heteroatoms. The topological polar surface area (TPSA) is 84.6 Å². The average molecular weight is 499 g/mol. The predicted molar refractivity (Wildman–Crippen MR) is 104 cm³/mol. The summed E-state index contributed by atoms with van der Waals surface area (Å²) in [4.78, 5) is 8.10. The molecule has 0 radical (unpaired) electrons. The van der Waals surface area contributed by atoms with Crippen LogP contribution in [0.1, 0.15) is 22.8 Å². The zero-order chi connectivity index (χ0) is 19.2. The van der Waals surface area contributed by atoms with Gasteiger partial charge in [0.2, 0.25) is 5.89 Å². The van der Waals surface area contributed by atoms with Crippen molar-refractivity contribution in [3.63, 3.8) is 0 Å². The maximum absolute atomic E-state index is 12.4. The predicted octanol–water partition coefficient (Wildman–Crippen LogP) is 3.11. The Morgan fingerprint density at radius 2 is 1.93 bits per heavy atom. The van der Waals surface area contributed by atoms with Gasteiger partial charge in [0.1, 0.15) is 5.75 Å². The van der Waals surface area contributed by atoms with Crippen molar-refractivity contribution in [3.8, 4) is 5.75 Å². The van der Waals surface area contributed by atoms with Gasteiger partial charge in [-0.2, -0.15) is 18.2 Å². The van der Waals surface area contributed by atoms with Crippen molar-refractivity contribution in [2.75, 3.05) is 13.7 Å². The highest BCUT2D eigenvalue weighted by Crippen LogP contribution is 2.23. The van der Waals surface area contributed by atoms with Gasteiger partial charge in [-0.3, -0.25) is 4.99 Å². The smallest absolute Gasteiger partial charge is 0.422 e. The number of aryl methyl sites for hydroxylation is 2. The van der Waals surface area contributed by atoms with E-state index in [9.17, 15) is 13.2 Å². The van der Waals surface area contributed by atoms with Crippen molar-refractivity contribution in [2.24, 2.45) is 4.99 Å². The molecule has 0 saturated heterocycles. The number of ether oxygens (including phenoxy) is 1. The Hall–Kier alpha value is -2.05. The van der Waals surface area contributed by atoms with Crippen LogP contribution in [0, 0.1) is 13.8 Å². The van der Waals surface area contributed by atoms with E-state index in [1.165, 1.54) is 0 Å². The highest BCUT2D eigenvalue weighted by molar-refractivity contribution is 14.0. The van der Waals surface area contributed by atoms with Crippen molar-refractivity contribution >= 4 is 29.9 Å². The zero-order valence-electron chi connectivity index (χ0n) is 15.1. The molecule has 0 bridgehead atoms. The van der Waals surface area contributed by atoms with E-state index in [4.69, 9.17) is 9.26 Å². The second kappa shape index (κ2) is 10.3. The molecule has 1 aromatic heterocycles. The normalized spacial score (nSPS) is 11.7. The van der Waals surface area contributed by atoms with E-state index in [0.29, 0.717) is 29.8 Å². The minimum Gasteiger partial charge on any atom is -0.484 e. The average Bonchev–Trinajstić information content (AvgIpc) is 2.99. The molecule has 0 amide bonds. The summed E-state index contributed by atoms with van der Waals surface area (Å²) in [6.07, 6.45) is -4.39. The number of hydrogen-bond donors (Lipinski definition) is 2. The van der Waals surface area contributed by atoms with Gasteiger partial charge in [-0.25, -0.2) is 0 Å². The van der Waals surface area contributed by atoms with Crippen LogP contribution in [-0.2, 0) is 13.1 Å². The molecular formula is C16H21F3IN5O2.